The van der Waals surface area contributed by atoms with Crippen molar-refractivity contribution in [3.05, 3.63) is 0 Å². The van der Waals surface area contributed by atoms with Crippen LogP contribution < -0.4 is 5.73 Å². The van der Waals surface area contributed by atoms with Crippen molar-refractivity contribution in [1.82, 2.24) is 9.80 Å². The van der Waals surface area contributed by atoms with Crippen LogP contribution in [0.25, 0.3) is 0 Å². The topological polar surface area (TPSA) is 32.5 Å². The van der Waals surface area contributed by atoms with Gasteiger partial charge in [-0.1, -0.05) is 6.42 Å². The van der Waals surface area contributed by atoms with Crippen molar-refractivity contribution in [1.29, 1.82) is 0 Å². The van der Waals surface area contributed by atoms with Crippen LogP contribution in [0.5, 0.6) is 0 Å². The fourth-order valence-corrected chi connectivity index (χ4v) is 2.78. The van der Waals surface area contributed by atoms with Gasteiger partial charge in [-0.25, -0.2) is 0 Å². The van der Waals surface area contributed by atoms with E-state index < -0.39 is 0 Å². The van der Waals surface area contributed by atoms with Crippen molar-refractivity contribution in [2.45, 2.75) is 38.3 Å². The highest BCUT2D eigenvalue weighted by Gasteiger charge is 2.34. The van der Waals surface area contributed by atoms with Crippen LogP contribution in [0.3, 0.4) is 0 Å². The molecule has 0 aliphatic carbocycles. The zero-order valence-electron chi connectivity index (χ0n) is 9.28. The minimum absolute atomic E-state index is 0.808. The molecule has 2 saturated heterocycles. The maximum atomic E-state index is 5.53. The molecule has 0 amide bonds. The Labute approximate surface area is 87.2 Å². The molecule has 0 aromatic rings. The van der Waals surface area contributed by atoms with Crippen molar-refractivity contribution < 1.29 is 0 Å². The molecule has 2 fully saturated rings. The van der Waals surface area contributed by atoms with Gasteiger partial charge in [0, 0.05) is 38.3 Å². The zero-order chi connectivity index (χ0) is 9.97. The second-order valence-electron chi connectivity index (χ2n) is 4.78. The Hall–Kier alpha value is -0.120. The lowest BCUT2D eigenvalue weighted by molar-refractivity contribution is -0.000480. The van der Waals surface area contributed by atoms with Gasteiger partial charge in [-0.3, -0.25) is 9.80 Å². The number of piperidine rings is 1. The third-order valence-electron chi connectivity index (χ3n) is 3.71. The molecule has 0 aromatic heterocycles. The number of rotatable bonds is 3. The molecule has 14 heavy (non-hydrogen) atoms. The van der Waals surface area contributed by atoms with E-state index in [0.29, 0.717) is 0 Å². The summed E-state index contributed by atoms with van der Waals surface area (Å²) in [5, 5.41) is 0. The lowest BCUT2D eigenvalue weighted by atomic mass is 9.97. The Bertz CT molecular complexity index is 177. The molecule has 0 spiro atoms. The normalized spacial score (nSPS) is 31.7. The molecule has 2 aliphatic rings. The fraction of sp³-hybridized carbons (Fsp3) is 1.00. The van der Waals surface area contributed by atoms with Crippen molar-refractivity contribution in [2.75, 3.05) is 32.7 Å². The van der Waals surface area contributed by atoms with Gasteiger partial charge in [-0.05, 0) is 26.3 Å². The molecular formula is C11H23N3. The van der Waals surface area contributed by atoms with E-state index in [2.05, 4.69) is 16.7 Å². The van der Waals surface area contributed by atoms with Crippen LogP contribution in [-0.4, -0.2) is 54.6 Å². The van der Waals surface area contributed by atoms with Gasteiger partial charge in [0.25, 0.3) is 0 Å². The van der Waals surface area contributed by atoms with Gasteiger partial charge in [0.05, 0.1) is 0 Å². The van der Waals surface area contributed by atoms with Crippen molar-refractivity contribution in [3.63, 3.8) is 0 Å². The first-order valence-electron chi connectivity index (χ1n) is 5.99. The quantitative estimate of drug-likeness (QED) is 0.715. The molecule has 1 unspecified atom stereocenters. The van der Waals surface area contributed by atoms with Crippen LogP contribution in [0.4, 0.5) is 0 Å². The predicted octanol–water partition coefficient (Wildman–Crippen LogP) is 0.504. The Kier molecular flexibility index (Phi) is 3.42. The monoisotopic (exact) mass is 197 g/mol. The van der Waals surface area contributed by atoms with Crippen LogP contribution >= 0.6 is 0 Å². The Morgan fingerprint density at radius 2 is 2.07 bits per heavy atom. The van der Waals surface area contributed by atoms with Crippen molar-refractivity contribution in [2.24, 2.45) is 5.73 Å². The highest BCUT2D eigenvalue weighted by molar-refractivity contribution is 4.91. The first-order chi connectivity index (χ1) is 6.81. The second kappa shape index (κ2) is 4.60. The summed E-state index contributed by atoms with van der Waals surface area (Å²) in [6.07, 6.45) is 4.22. The Balaban J connectivity index is 1.74. The van der Waals surface area contributed by atoms with Crippen LogP contribution in [0.15, 0.2) is 0 Å². The van der Waals surface area contributed by atoms with Crippen LogP contribution in [0.2, 0.25) is 0 Å². The van der Waals surface area contributed by atoms with Crippen LogP contribution in [0.1, 0.15) is 26.2 Å². The number of nitrogens with two attached hydrogens (primary N) is 1. The van der Waals surface area contributed by atoms with Gasteiger partial charge in [0.1, 0.15) is 0 Å². The van der Waals surface area contributed by atoms with E-state index in [1.807, 2.05) is 0 Å². The smallest absolute Gasteiger partial charge is 0.0353 e. The van der Waals surface area contributed by atoms with E-state index in [-0.39, 0.29) is 0 Å². The average Bonchev–Trinajstić information content (AvgIpc) is 2.12. The number of hydrogen-bond donors (Lipinski definition) is 1. The molecule has 0 aromatic carbocycles. The molecule has 2 aliphatic heterocycles. The number of likely N-dealkylation sites (tertiary alicyclic amines) is 2. The minimum atomic E-state index is 0.808. The standard InChI is InChI=1S/C11H23N3/c1-10-4-2-3-6-14(10)11-8-13(9-11)7-5-12/h10-11H,2-9,12H2,1H3. The number of hydrogen-bond acceptors (Lipinski definition) is 3. The van der Waals surface area contributed by atoms with E-state index in [0.717, 1.165) is 25.2 Å². The first kappa shape index (κ1) is 10.4. The van der Waals surface area contributed by atoms with E-state index >= 15 is 0 Å². The summed E-state index contributed by atoms with van der Waals surface area (Å²) in [6.45, 7) is 8.09. The van der Waals surface area contributed by atoms with Gasteiger partial charge >= 0.3 is 0 Å². The lowest BCUT2D eigenvalue weighted by Crippen LogP contribution is -2.62. The Morgan fingerprint density at radius 3 is 2.71 bits per heavy atom. The highest BCUT2D eigenvalue weighted by atomic mass is 15.3. The third-order valence-corrected chi connectivity index (χ3v) is 3.71. The van der Waals surface area contributed by atoms with E-state index in [9.17, 15) is 0 Å². The van der Waals surface area contributed by atoms with Crippen LogP contribution in [0, 0.1) is 0 Å². The molecule has 0 bridgehead atoms. The summed E-state index contributed by atoms with van der Waals surface area (Å²) in [6, 6.07) is 1.64. The van der Waals surface area contributed by atoms with E-state index in [4.69, 9.17) is 5.73 Å². The highest BCUT2D eigenvalue weighted by Crippen LogP contribution is 2.23. The van der Waals surface area contributed by atoms with Gasteiger partial charge in [-0.2, -0.15) is 0 Å². The summed E-state index contributed by atoms with van der Waals surface area (Å²) in [5.41, 5.74) is 5.53. The molecule has 0 saturated carbocycles. The van der Waals surface area contributed by atoms with Crippen LogP contribution in [-0.2, 0) is 0 Å². The molecule has 3 heteroatoms. The largest absolute Gasteiger partial charge is 0.329 e. The van der Waals surface area contributed by atoms with Gasteiger partial charge in [0.2, 0.25) is 0 Å². The average molecular weight is 197 g/mol. The summed E-state index contributed by atoms with van der Waals surface area (Å²) < 4.78 is 0. The summed E-state index contributed by atoms with van der Waals surface area (Å²) >= 11 is 0. The van der Waals surface area contributed by atoms with E-state index in [1.54, 1.807) is 0 Å². The van der Waals surface area contributed by atoms with Crippen molar-refractivity contribution >= 4 is 0 Å². The summed E-state index contributed by atoms with van der Waals surface area (Å²) in [5.74, 6) is 0. The maximum Gasteiger partial charge on any atom is 0.0353 e. The molecule has 0 radical (unpaired) electrons. The molecule has 2 heterocycles. The summed E-state index contributed by atoms with van der Waals surface area (Å²) in [7, 11) is 0. The van der Waals surface area contributed by atoms with Gasteiger partial charge in [0.15, 0.2) is 0 Å². The third kappa shape index (κ3) is 2.10. The van der Waals surface area contributed by atoms with E-state index in [1.165, 1.54) is 38.9 Å². The molecule has 1 atom stereocenters. The molecule has 3 nitrogen and oxygen atoms in total. The molecular weight excluding hydrogens is 174 g/mol. The summed E-state index contributed by atoms with van der Waals surface area (Å²) in [4.78, 5) is 5.17. The maximum absolute atomic E-state index is 5.53. The Morgan fingerprint density at radius 1 is 1.29 bits per heavy atom. The van der Waals surface area contributed by atoms with Gasteiger partial charge < -0.3 is 5.73 Å². The SMILES string of the molecule is CC1CCCCN1C1CN(CCN)C1. The predicted molar refractivity (Wildman–Crippen MR) is 59.3 cm³/mol. The first-order valence-corrected chi connectivity index (χ1v) is 5.99. The molecule has 2 N–H and O–H groups in total. The zero-order valence-corrected chi connectivity index (χ0v) is 9.28. The molecule has 82 valence electrons. The minimum Gasteiger partial charge on any atom is -0.329 e. The van der Waals surface area contributed by atoms with Crippen molar-refractivity contribution in [3.8, 4) is 0 Å². The fourth-order valence-electron chi connectivity index (χ4n) is 2.78. The second-order valence-corrected chi connectivity index (χ2v) is 4.78. The van der Waals surface area contributed by atoms with Gasteiger partial charge in [-0.15, -0.1) is 0 Å². The number of nitrogens with zero attached hydrogens (tertiary/aromatic N) is 2. The molecule has 2 rings (SSSR count). The lowest BCUT2D eigenvalue weighted by Gasteiger charge is -2.49.